The van der Waals surface area contributed by atoms with Crippen LogP contribution < -0.4 is 10.6 Å². The van der Waals surface area contributed by atoms with Crippen LogP contribution in [0, 0.1) is 5.82 Å². The van der Waals surface area contributed by atoms with E-state index < -0.39 is 41.7 Å². The Hall–Kier alpha value is -2.93. The lowest BCUT2D eigenvalue weighted by Gasteiger charge is -2.21. The van der Waals surface area contributed by atoms with Crippen LogP contribution in [0.1, 0.15) is 43.6 Å². The Bertz CT molecular complexity index is 942. The fraction of sp³-hybridized carbons (Fsp3) is 0.318. The maximum absolute atomic E-state index is 14.5. The normalized spacial score (nSPS) is 12.1. The highest BCUT2D eigenvalue weighted by Gasteiger charge is 2.25. The van der Waals surface area contributed by atoms with Gasteiger partial charge in [0.25, 0.3) is 5.91 Å². The molecular formula is C22H24ClFN2O4. The van der Waals surface area contributed by atoms with E-state index in [0.717, 1.165) is 6.07 Å². The largest absolute Gasteiger partial charge is 0.444 e. The molecule has 0 saturated heterocycles. The van der Waals surface area contributed by atoms with E-state index in [1.54, 1.807) is 51.1 Å². The molecule has 1 unspecified atom stereocenters. The van der Waals surface area contributed by atoms with Gasteiger partial charge in [-0.1, -0.05) is 29.8 Å². The number of halogens is 2. The standard InChI is InChI=1S/C22H24ClFN2O4/c1-13(25-21(29)30-22(2,3)4)18(27)12-15-17(24)11-10-16(23)19(15)20(28)26-14-8-6-5-7-9-14/h5-11,13H,12H2,1-4H3,(H,25,29)(H,26,28). The van der Waals surface area contributed by atoms with Gasteiger partial charge in [0.15, 0.2) is 5.78 Å². The zero-order chi connectivity index (χ0) is 22.5. The number of carbonyl (C=O) groups is 3. The molecule has 160 valence electrons. The zero-order valence-corrected chi connectivity index (χ0v) is 18.0. The van der Waals surface area contributed by atoms with Crippen LogP contribution in [0.3, 0.4) is 0 Å². The molecule has 2 aromatic carbocycles. The van der Waals surface area contributed by atoms with Crippen molar-refractivity contribution in [3.05, 3.63) is 64.4 Å². The second kappa shape index (κ2) is 9.71. The van der Waals surface area contributed by atoms with Crippen molar-refractivity contribution in [1.29, 1.82) is 0 Å². The quantitative estimate of drug-likeness (QED) is 0.686. The maximum atomic E-state index is 14.5. The molecule has 0 spiro atoms. The van der Waals surface area contributed by atoms with Crippen LogP contribution in [-0.2, 0) is 16.0 Å². The SMILES string of the molecule is CC(NC(=O)OC(C)(C)C)C(=O)Cc1c(F)ccc(Cl)c1C(=O)Nc1ccccc1. The van der Waals surface area contributed by atoms with Crippen LogP contribution in [0.4, 0.5) is 14.9 Å². The summed E-state index contributed by atoms with van der Waals surface area (Å²) in [5, 5.41) is 5.06. The van der Waals surface area contributed by atoms with E-state index >= 15 is 0 Å². The minimum atomic E-state index is -0.955. The van der Waals surface area contributed by atoms with Gasteiger partial charge in [-0.05, 0) is 52.0 Å². The first-order valence-corrected chi connectivity index (χ1v) is 9.71. The monoisotopic (exact) mass is 434 g/mol. The molecule has 0 aliphatic rings. The lowest BCUT2D eigenvalue weighted by Crippen LogP contribution is -2.42. The van der Waals surface area contributed by atoms with Crippen molar-refractivity contribution in [3.63, 3.8) is 0 Å². The summed E-state index contributed by atoms with van der Waals surface area (Å²) in [7, 11) is 0. The summed E-state index contributed by atoms with van der Waals surface area (Å²) in [6.07, 6.45) is -1.20. The van der Waals surface area contributed by atoms with Crippen LogP contribution >= 0.6 is 11.6 Å². The summed E-state index contributed by atoms with van der Waals surface area (Å²) >= 11 is 6.15. The lowest BCUT2D eigenvalue weighted by atomic mass is 9.98. The van der Waals surface area contributed by atoms with Crippen molar-refractivity contribution in [1.82, 2.24) is 5.32 Å². The number of ether oxygens (including phenoxy) is 1. The number of amides is 2. The molecule has 2 rings (SSSR count). The zero-order valence-electron chi connectivity index (χ0n) is 17.2. The molecule has 0 fully saturated rings. The van der Waals surface area contributed by atoms with Gasteiger partial charge in [-0.2, -0.15) is 0 Å². The van der Waals surface area contributed by atoms with Crippen LogP contribution in [0.2, 0.25) is 5.02 Å². The minimum absolute atomic E-state index is 0.0142. The first-order valence-electron chi connectivity index (χ1n) is 9.33. The van der Waals surface area contributed by atoms with E-state index in [0.29, 0.717) is 5.69 Å². The predicted octanol–water partition coefficient (Wildman–Crippen LogP) is 4.76. The smallest absolute Gasteiger partial charge is 0.408 e. The highest BCUT2D eigenvalue weighted by atomic mass is 35.5. The average Bonchev–Trinajstić information content (AvgIpc) is 2.63. The molecule has 0 aliphatic carbocycles. The summed E-state index contributed by atoms with van der Waals surface area (Å²) in [5.74, 6) is -1.88. The first-order chi connectivity index (χ1) is 14.0. The van der Waals surface area contributed by atoms with Crippen LogP contribution in [-0.4, -0.2) is 29.4 Å². The molecule has 0 aliphatic heterocycles. The molecule has 2 amide bonds. The van der Waals surface area contributed by atoms with E-state index in [9.17, 15) is 18.8 Å². The molecule has 8 heteroatoms. The van der Waals surface area contributed by atoms with Gasteiger partial charge < -0.3 is 15.4 Å². The van der Waals surface area contributed by atoms with E-state index in [1.807, 2.05) is 0 Å². The van der Waals surface area contributed by atoms with Gasteiger partial charge in [0.2, 0.25) is 0 Å². The van der Waals surface area contributed by atoms with Crippen molar-refractivity contribution < 1.29 is 23.5 Å². The third-order valence-electron chi connectivity index (χ3n) is 4.03. The number of hydrogen-bond acceptors (Lipinski definition) is 4. The van der Waals surface area contributed by atoms with Crippen molar-refractivity contribution in [2.24, 2.45) is 0 Å². The average molecular weight is 435 g/mol. The molecule has 0 aromatic heterocycles. The van der Waals surface area contributed by atoms with Crippen LogP contribution in [0.25, 0.3) is 0 Å². The molecule has 1 atom stereocenters. The molecule has 2 N–H and O–H groups in total. The Balaban J connectivity index is 2.20. The lowest BCUT2D eigenvalue weighted by molar-refractivity contribution is -0.120. The third kappa shape index (κ3) is 6.56. The summed E-state index contributed by atoms with van der Waals surface area (Å²) in [4.78, 5) is 37.2. The summed E-state index contributed by atoms with van der Waals surface area (Å²) in [5.41, 5.74) is -0.494. The minimum Gasteiger partial charge on any atom is -0.444 e. The Morgan fingerprint density at radius 2 is 1.73 bits per heavy atom. The predicted molar refractivity (Wildman–Crippen MR) is 113 cm³/mol. The Labute approximate surface area is 179 Å². The summed E-state index contributed by atoms with van der Waals surface area (Å²) in [6.45, 7) is 6.53. The first kappa shape index (κ1) is 23.3. The van der Waals surface area contributed by atoms with E-state index in [2.05, 4.69) is 10.6 Å². The van der Waals surface area contributed by atoms with Gasteiger partial charge in [0.1, 0.15) is 11.4 Å². The molecule has 30 heavy (non-hydrogen) atoms. The van der Waals surface area contributed by atoms with Crippen molar-refractivity contribution in [3.8, 4) is 0 Å². The number of alkyl carbamates (subject to hydrolysis) is 1. The number of nitrogens with one attached hydrogen (secondary N) is 2. The topological polar surface area (TPSA) is 84.5 Å². The summed E-state index contributed by atoms with van der Waals surface area (Å²) < 4.78 is 19.7. The van der Waals surface area contributed by atoms with E-state index in [1.165, 1.54) is 13.0 Å². The number of benzene rings is 2. The molecule has 2 aromatic rings. The molecule has 0 radical (unpaired) electrons. The second-order valence-electron chi connectivity index (χ2n) is 7.71. The van der Waals surface area contributed by atoms with Gasteiger partial charge in [-0.15, -0.1) is 0 Å². The number of hydrogen-bond donors (Lipinski definition) is 2. The molecule has 0 heterocycles. The van der Waals surface area contributed by atoms with Crippen molar-refractivity contribution in [2.75, 3.05) is 5.32 Å². The number of Topliss-reactive ketones (excluding diaryl/α,β-unsaturated/α-hetero) is 1. The molecule has 6 nitrogen and oxygen atoms in total. The fourth-order valence-corrected chi connectivity index (χ4v) is 2.88. The second-order valence-corrected chi connectivity index (χ2v) is 8.12. The Kier molecular flexibility index (Phi) is 7.56. The van der Waals surface area contributed by atoms with Crippen LogP contribution in [0.15, 0.2) is 42.5 Å². The number of ketones is 1. The van der Waals surface area contributed by atoms with Gasteiger partial charge >= 0.3 is 6.09 Å². The molecule has 0 bridgehead atoms. The fourth-order valence-electron chi connectivity index (χ4n) is 2.62. The molecular weight excluding hydrogens is 411 g/mol. The Morgan fingerprint density at radius 1 is 1.10 bits per heavy atom. The van der Waals surface area contributed by atoms with Crippen LogP contribution in [0.5, 0.6) is 0 Å². The van der Waals surface area contributed by atoms with Crippen molar-refractivity contribution in [2.45, 2.75) is 45.8 Å². The van der Waals surface area contributed by atoms with E-state index in [4.69, 9.17) is 16.3 Å². The third-order valence-corrected chi connectivity index (χ3v) is 4.35. The number of anilines is 1. The van der Waals surface area contributed by atoms with E-state index in [-0.39, 0.29) is 16.1 Å². The Morgan fingerprint density at radius 3 is 2.33 bits per heavy atom. The highest BCUT2D eigenvalue weighted by molar-refractivity contribution is 6.34. The maximum Gasteiger partial charge on any atom is 0.408 e. The van der Waals surface area contributed by atoms with Gasteiger partial charge in [0.05, 0.1) is 16.6 Å². The highest BCUT2D eigenvalue weighted by Crippen LogP contribution is 2.25. The van der Waals surface area contributed by atoms with Gasteiger partial charge in [-0.3, -0.25) is 9.59 Å². The number of para-hydroxylation sites is 1. The molecule has 0 saturated carbocycles. The van der Waals surface area contributed by atoms with Gasteiger partial charge in [-0.25, -0.2) is 9.18 Å². The number of rotatable bonds is 6. The number of carbonyl (C=O) groups excluding carboxylic acids is 3. The van der Waals surface area contributed by atoms with Crippen molar-refractivity contribution >= 4 is 35.1 Å². The van der Waals surface area contributed by atoms with Gasteiger partial charge in [0, 0.05) is 17.7 Å². The summed E-state index contributed by atoms with van der Waals surface area (Å²) in [6, 6.07) is 9.99.